The first-order chi connectivity index (χ1) is 3.93. The summed E-state index contributed by atoms with van der Waals surface area (Å²) in [4.78, 5) is 0. The van der Waals surface area contributed by atoms with Crippen LogP contribution >= 0.6 is 0 Å². The van der Waals surface area contributed by atoms with Crippen molar-refractivity contribution in [2.75, 3.05) is 0 Å². The molecule has 0 aliphatic carbocycles. The molecule has 3 nitrogen and oxygen atoms in total. The van der Waals surface area contributed by atoms with E-state index >= 15 is 0 Å². The molecule has 8 heavy (non-hydrogen) atoms. The lowest BCUT2D eigenvalue weighted by molar-refractivity contribution is 0.392. The van der Waals surface area contributed by atoms with E-state index in [4.69, 9.17) is 0 Å². The van der Waals surface area contributed by atoms with Gasteiger partial charge in [-0.15, -0.1) is 5.10 Å². The van der Waals surface area contributed by atoms with Gasteiger partial charge < -0.3 is 4.52 Å². The van der Waals surface area contributed by atoms with Crippen LogP contribution in [0, 0.1) is 6.42 Å². The van der Waals surface area contributed by atoms with Gasteiger partial charge in [0.15, 0.2) is 0 Å². The highest BCUT2D eigenvalue weighted by atomic mass is 16.5. The fraction of sp³-hybridized carbons (Fsp3) is 0.400. The summed E-state index contributed by atoms with van der Waals surface area (Å²) in [7, 11) is 0. The zero-order chi connectivity index (χ0) is 5.82. The summed E-state index contributed by atoms with van der Waals surface area (Å²) >= 11 is 0. The maximum atomic E-state index is 4.49. The van der Waals surface area contributed by atoms with Gasteiger partial charge in [0, 0.05) is 5.27 Å². The van der Waals surface area contributed by atoms with Gasteiger partial charge in [0.25, 0.3) is 0 Å². The van der Waals surface area contributed by atoms with Crippen LogP contribution in [-0.4, -0.2) is 10.4 Å². The fourth-order valence-corrected chi connectivity index (χ4v) is 0.482. The van der Waals surface area contributed by atoms with E-state index in [2.05, 4.69) is 14.9 Å². The van der Waals surface area contributed by atoms with Gasteiger partial charge in [-0.1, -0.05) is 6.92 Å². The normalized spacial score (nSPS) is 9.62. The number of aromatic nitrogens is 2. The van der Waals surface area contributed by atoms with Crippen molar-refractivity contribution in [1.29, 1.82) is 0 Å². The van der Waals surface area contributed by atoms with Crippen LogP contribution in [0.5, 0.6) is 0 Å². The van der Waals surface area contributed by atoms with Crippen molar-refractivity contribution < 1.29 is 4.52 Å². The van der Waals surface area contributed by atoms with Crippen LogP contribution in [0.1, 0.15) is 12.6 Å². The first-order valence-electron chi connectivity index (χ1n) is 2.47. The van der Waals surface area contributed by atoms with Crippen LogP contribution in [0.15, 0.2) is 10.8 Å². The quantitative estimate of drug-likeness (QED) is 0.567. The molecule has 1 aromatic heterocycles. The van der Waals surface area contributed by atoms with Crippen molar-refractivity contribution in [1.82, 2.24) is 10.4 Å². The minimum absolute atomic E-state index is 0.837. The molecule has 0 atom stereocenters. The van der Waals surface area contributed by atoms with Crippen LogP contribution in [0.4, 0.5) is 0 Å². The van der Waals surface area contributed by atoms with Gasteiger partial charge >= 0.3 is 0 Å². The lowest BCUT2D eigenvalue weighted by Gasteiger charge is -1.80. The molecule has 0 aliphatic rings. The lowest BCUT2D eigenvalue weighted by Crippen LogP contribution is -1.81. The molecule has 0 fully saturated rings. The van der Waals surface area contributed by atoms with E-state index in [-0.39, 0.29) is 0 Å². The second-order valence-electron chi connectivity index (χ2n) is 1.51. The number of nitrogens with zero attached hydrogens (tertiary/aromatic N) is 2. The summed E-state index contributed by atoms with van der Waals surface area (Å²) in [5, 5.41) is 6.95. The Morgan fingerprint density at radius 3 is 3.25 bits per heavy atom. The molecule has 1 rings (SSSR count). The highest BCUT2D eigenvalue weighted by Gasteiger charge is 1.91. The Kier molecular flexibility index (Phi) is 1.62. The first kappa shape index (κ1) is 5.28. The first-order valence-corrected chi connectivity index (χ1v) is 2.47. The van der Waals surface area contributed by atoms with Gasteiger partial charge in [-0.25, -0.2) is 0 Å². The Hall–Kier alpha value is -0.860. The van der Waals surface area contributed by atoms with Crippen LogP contribution < -0.4 is 0 Å². The monoisotopic (exact) mass is 111 g/mol. The van der Waals surface area contributed by atoms with Gasteiger partial charge in [-0.3, -0.25) is 0 Å². The smallest absolute Gasteiger partial charge is 0.147 e. The minimum Gasteiger partial charge on any atom is -0.345 e. The largest absolute Gasteiger partial charge is 0.345 e. The molecule has 0 unspecified atom stereocenters. The number of rotatable bonds is 2. The third kappa shape index (κ3) is 1.05. The van der Waals surface area contributed by atoms with Crippen LogP contribution in [0.3, 0.4) is 0 Å². The maximum Gasteiger partial charge on any atom is 0.147 e. The Bertz CT molecular complexity index is 136. The predicted octanol–water partition coefficient (Wildman–Crippen LogP) is 0.836. The summed E-state index contributed by atoms with van der Waals surface area (Å²) < 4.78 is 4.49. The van der Waals surface area contributed by atoms with Crippen molar-refractivity contribution in [3.05, 3.63) is 18.4 Å². The summed E-state index contributed by atoms with van der Waals surface area (Å²) in [6.07, 6.45) is 4.38. The second-order valence-corrected chi connectivity index (χ2v) is 1.51. The van der Waals surface area contributed by atoms with E-state index in [1.807, 2.05) is 13.3 Å². The Morgan fingerprint density at radius 1 is 1.88 bits per heavy atom. The maximum absolute atomic E-state index is 4.49. The van der Waals surface area contributed by atoms with E-state index in [1.165, 1.54) is 0 Å². The number of hydrogen-bond donors (Lipinski definition) is 0. The third-order valence-corrected chi connectivity index (χ3v) is 0.818. The molecule has 0 saturated carbocycles. The zero-order valence-corrected chi connectivity index (χ0v) is 4.66. The molecule has 0 aliphatic heterocycles. The molecule has 0 spiro atoms. The zero-order valence-electron chi connectivity index (χ0n) is 4.66. The predicted molar refractivity (Wildman–Crippen MR) is 28.0 cm³/mol. The minimum atomic E-state index is 0.837. The average Bonchev–Trinajstić information content (AvgIpc) is 2.19. The third-order valence-electron chi connectivity index (χ3n) is 0.818. The van der Waals surface area contributed by atoms with Crippen LogP contribution in [-0.2, 0) is 6.42 Å². The Morgan fingerprint density at radius 2 is 2.75 bits per heavy atom. The topological polar surface area (TPSA) is 38.9 Å². The van der Waals surface area contributed by atoms with Crippen LogP contribution in [0.2, 0.25) is 0 Å². The van der Waals surface area contributed by atoms with Gasteiger partial charge in [-0.2, -0.15) is 0 Å². The molecule has 0 N–H and O–H groups in total. The number of hydrogen-bond acceptors (Lipinski definition) is 3. The summed E-state index contributed by atoms with van der Waals surface area (Å²) in [5.41, 5.74) is 0.882. The summed E-state index contributed by atoms with van der Waals surface area (Å²) in [6.45, 7) is 1.97. The van der Waals surface area contributed by atoms with E-state index in [0.717, 1.165) is 12.1 Å². The van der Waals surface area contributed by atoms with Crippen molar-refractivity contribution >= 4 is 0 Å². The summed E-state index contributed by atoms with van der Waals surface area (Å²) in [6, 6.07) is 0. The van der Waals surface area contributed by atoms with E-state index < -0.39 is 0 Å². The summed E-state index contributed by atoms with van der Waals surface area (Å²) in [5.74, 6) is 0. The SMILES string of the molecule is C[CH]Cc1conn1. The van der Waals surface area contributed by atoms with E-state index in [0.29, 0.717) is 0 Å². The highest BCUT2D eigenvalue weighted by Crippen LogP contribution is 1.93. The molecule has 0 bridgehead atoms. The molecule has 1 radical (unpaired) electrons. The van der Waals surface area contributed by atoms with Crippen molar-refractivity contribution in [3.8, 4) is 0 Å². The fourth-order valence-electron chi connectivity index (χ4n) is 0.482. The highest BCUT2D eigenvalue weighted by molar-refractivity contribution is 4.91. The molecule has 0 aromatic carbocycles. The average molecular weight is 111 g/mol. The van der Waals surface area contributed by atoms with E-state index in [9.17, 15) is 0 Å². The standard InChI is InChI=1S/C5H7N2O/c1-2-3-5-4-8-7-6-5/h2,4H,3H2,1H3. The van der Waals surface area contributed by atoms with Gasteiger partial charge in [0.05, 0.1) is 0 Å². The molecule has 43 valence electrons. The Balaban J connectivity index is 2.50. The van der Waals surface area contributed by atoms with Gasteiger partial charge in [0.2, 0.25) is 0 Å². The molecule has 1 aromatic rings. The Labute approximate surface area is 47.7 Å². The van der Waals surface area contributed by atoms with Crippen molar-refractivity contribution in [2.45, 2.75) is 13.3 Å². The van der Waals surface area contributed by atoms with Gasteiger partial charge in [-0.05, 0) is 12.8 Å². The molecular weight excluding hydrogens is 104 g/mol. The second kappa shape index (κ2) is 2.45. The van der Waals surface area contributed by atoms with E-state index in [1.54, 1.807) is 6.26 Å². The lowest BCUT2D eigenvalue weighted by atomic mass is 10.3. The van der Waals surface area contributed by atoms with Gasteiger partial charge in [0.1, 0.15) is 12.0 Å². The molecule has 0 saturated heterocycles. The van der Waals surface area contributed by atoms with Crippen molar-refractivity contribution in [3.63, 3.8) is 0 Å². The molecular formula is C5H7N2O. The molecule has 3 heteroatoms. The molecule has 1 heterocycles. The van der Waals surface area contributed by atoms with Crippen molar-refractivity contribution in [2.24, 2.45) is 0 Å². The molecule has 0 amide bonds. The van der Waals surface area contributed by atoms with Crippen LogP contribution in [0.25, 0.3) is 0 Å².